The zero-order chi connectivity index (χ0) is 14.2. The molecular weight excluding hydrogens is 316 g/mol. The first kappa shape index (κ1) is 14.0. The fraction of sp³-hybridized carbons (Fsp3) is 0.308. The lowest BCUT2D eigenvalue weighted by molar-refractivity contribution is 0.397. The van der Waals surface area contributed by atoms with Crippen molar-refractivity contribution in [3.8, 4) is 0 Å². The maximum atomic E-state index is 12.7. The Bertz CT molecular complexity index is 684. The first-order chi connectivity index (χ1) is 9.59. The SMILES string of the molecule is O=S(=O)(c1ccc(Cl)nc1)N1CCCC1c1ccsc1. The van der Waals surface area contributed by atoms with Crippen molar-refractivity contribution in [2.45, 2.75) is 23.8 Å². The van der Waals surface area contributed by atoms with Crippen LogP contribution in [0.2, 0.25) is 5.15 Å². The van der Waals surface area contributed by atoms with Crippen molar-refractivity contribution >= 4 is 33.0 Å². The molecule has 0 amide bonds. The second kappa shape index (κ2) is 5.44. The van der Waals surface area contributed by atoms with Crippen LogP contribution in [-0.2, 0) is 10.0 Å². The summed E-state index contributed by atoms with van der Waals surface area (Å²) in [7, 11) is -3.51. The highest BCUT2D eigenvalue weighted by Gasteiger charge is 2.36. The van der Waals surface area contributed by atoms with Crippen LogP contribution in [0.5, 0.6) is 0 Å². The molecule has 1 aliphatic heterocycles. The fourth-order valence-corrected chi connectivity index (χ4v) is 4.92. The van der Waals surface area contributed by atoms with Gasteiger partial charge in [0, 0.05) is 12.7 Å². The van der Waals surface area contributed by atoms with Crippen molar-refractivity contribution in [3.63, 3.8) is 0 Å². The minimum absolute atomic E-state index is 0.0677. The number of nitrogens with zero attached hydrogens (tertiary/aromatic N) is 2. The molecule has 1 fully saturated rings. The molecule has 1 aliphatic rings. The van der Waals surface area contributed by atoms with E-state index in [1.54, 1.807) is 15.6 Å². The lowest BCUT2D eigenvalue weighted by Gasteiger charge is -2.23. The molecule has 3 heterocycles. The Morgan fingerprint density at radius 1 is 1.35 bits per heavy atom. The van der Waals surface area contributed by atoms with Gasteiger partial charge in [0.1, 0.15) is 10.0 Å². The number of pyridine rings is 1. The van der Waals surface area contributed by atoms with E-state index in [-0.39, 0.29) is 10.9 Å². The monoisotopic (exact) mass is 328 g/mol. The molecule has 0 aromatic carbocycles. The smallest absolute Gasteiger partial charge is 0.243 e. The summed E-state index contributed by atoms with van der Waals surface area (Å²) in [4.78, 5) is 4.06. The van der Waals surface area contributed by atoms with E-state index in [1.807, 2.05) is 16.8 Å². The maximum absolute atomic E-state index is 12.7. The predicted molar refractivity (Wildman–Crippen MR) is 79.4 cm³/mol. The average Bonchev–Trinajstić information content (AvgIpc) is 3.10. The molecule has 1 saturated heterocycles. The standard InChI is InChI=1S/C13H13ClN2O2S2/c14-13-4-3-11(8-15-13)20(17,18)16-6-1-2-12(16)10-5-7-19-9-10/h3-5,7-9,12H,1-2,6H2. The number of hydrogen-bond acceptors (Lipinski definition) is 4. The fourth-order valence-electron chi connectivity index (χ4n) is 2.48. The quantitative estimate of drug-likeness (QED) is 0.812. The van der Waals surface area contributed by atoms with E-state index in [9.17, 15) is 8.42 Å². The highest BCUT2D eigenvalue weighted by molar-refractivity contribution is 7.89. The molecule has 1 atom stereocenters. The molecular formula is C13H13ClN2O2S2. The Morgan fingerprint density at radius 3 is 2.85 bits per heavy atom. The van der Waals surface area contributed by atoms with Crippen LogP contribution in [0.3, 0.4) is 0 Å². The van der Waals surface area contributed by atoms with Gasteiger partial charge in [0.15, 0.2) is 0 Å². The predicted octanol–water partition coefficient (Wildman–Crippen LogP) is 3.32. The van der Waals surface area contributed by atoms with Crippen LogP contribution in [-0.4, -0.2) is 24.3 Å². The van der Waals surface area contributed by atoms with E-state index >= 15 is 0 Å². The van der Waals surface area contributed by atoms with Crippen LogP contribution in [0, 0.1) is 0 Å². The van der Waals surface area contributed by atoms with Gasteiger partial charge in [-0.3, -0.25) is 0 Å². The number of thiophene rings is 1. The lowest BCUT2D eigenvalue weighted by Crippen LogP contribution is -2.30. The van der Waals surface area contributed by atoms with Gasteiger partial charge >= 0.3 is 0 Å². The highest BCUT2D eigenvalue weighted by Crippen LogP contribution is 2.37. The summed E-state index contributed by atoms with van der Waals surface area (Å²) >= 11 is 7.30. The van der Waals surface area contributed by atoms with Crippen molar-refractivity contribution in [2.75, 3.05) is 6.54 Å². The van der Waals surface area contributed by atoms with Crippen LogP contribution in [0.15, 0.2) is 40.1 Å². The van der Waals surface area contributed by atoms with E-state index in [0.717, 1.165) is 18.4 Å². The van der Waals surface area contributed by atoms with Crippen molar-refractivity contribution in [2.24, 2.45) is 0 Å². The van der Waals surface area contributed by atoms with Crippen molar-refractivity contribution in [3.05, 3.63) is 45.9 Å². The molecule has 2 aromatic rings. The van der Waals surface area contributed by atoms with E-state index in [0.29, 0.717) is 11.7 Å². The Kier molecular flexibility index (Phi) is 3.81. The average molecular weight is 329 g/mol. The minimum Gasteiger partial charge on any atom is -0.243 e. The van der Waals surface area contributed by atoms with Gasteiger partial charge < -0.3 is 0 Å². The number of rotatable bonds is 3. The topological polar surface area (TPSA) is 50.3 Å². The van der Waals surface area contributed by atoms with Gasteiger partial charge in [0.25, 0.3) is 0 Å². The molecule has 2 aromatic heterocycles. The Morgan fingerprint density at radius 2 is 2.20 bits per heavy atom. The molecule has 0 N–H and O–H groups in total. The molecule has 0 aliphatic carbocycles. The summed E-state index contributed by atoms with van der Waals surface area (Å²) < 4.78 is 27.0. The van der Waals surface area contributed by atoms with Crippen LogP contribution < -0.4 is 0 Å². The number of hydrogen-bond donors (Lipinski definition) is 0. The zero-order valence-electron chi connectivity index (χ0n) is 10.6. The number of sulfonamides is 1. The molecule has 0 bridgehead atoms. The van der Waals surface area contributed by atoms with Gasteiger partial charge in [-0.05, 0) is 47.4 Å². The van der Waals surface area contributed by atoms with Crippen molar-refractivity contribution in [1.29, 1.82) is 0 Å². The van der Waals surface area contributed by atoms with Crippen molar-refractivity contribution in [1.82, 2.24) is 9.29 Å². The second-order valence-electron chi connectivity index (χ2n) is 4.65. The number of aromatic nitrogens is 1. The van der Waals surface area contributed by atoms with Crippen LogP contribution in [0.4, 0.5) is 0 Å². The van der Waals surface area contributed by atoms with Gasteiger partial charge in [-0.2, -0.15) is 15.6 Å². The first-order valence-electron chi connectivity index (χ1n) is 6.24. The molecule has 7 heteroatoms. The van der Waals surface area contributed by atoms with Gasteiger partial charge in [-0.25, -0.2) is 13.4 Å². The molecule has 4 nitrogen and oxygen atoms in total. The summed E-state index contributed by atoms with van der Waals surface area (Å²) in [5.41, 5.74) is 1.07. The van der Waals surface area contributed by atoms with E-state index in [1.165, 1.54) is 18.3 Å². The Balaban J connectivity index is 1.96. The molecule has 0 saturated carbocycles. The first-order valence-corrected chi connectivity index (χ1v) is 9.00. The summed E-state index contributed by atoms with van der Waals surface area (Å²) in [5, 5.41) is 4.28. The third-order valence-electron chi connectivity index (χ3n) is 3.44. The van der Waals surface area contributed by atoms with Crippen molar-refractivity contribution < 1.29 is 8.42 Å². The largest absolute Gasteiger partial charge is 0.245 e. The Labute approximate surface area is 127 Å². The van der Waals surface area contributed by atoms with Crippen LogP contribution >= 0.6 is 22.9 Å². The van der Waals surface area contributed by atoms with Gasteiger partial charge in [-0.15, -0.1) is 0 Å². The minimum atomic E-state index is -3.51. The highest BCUT2D eigenvalue weighted by atomic mass is 35.5. The summed E-state index contributed by atoms with van der Waals surface area (Å²) in [6.07, 6.45) is 3.05. The van der Waals surface area contributed by atoms with E-state index in [2.05, 4.69) is 4.98 Å². The Hall–Kier alpha value is -0.950. The zero-order valence-corrected chi connectivity index (χ0v) is 13.0. The molecule has 3 rings (SSSR count). The molecule has 0 radical (unpaired) electrons. The normalized spacial score (nSPS) is 20.4. The lowest BCUT2D eigenvalue weighted by atomic mass is 10.1. The van der Waals surface area contributed by atoms with E-state index < -0.39 is 10.0 Å². The summed E-state index contributed by atoms with van der Waals surface area (Å²) in [5.74, 6) is 0. The van der Waals surface area contributed by atoms with E-state index in [4.69, 9.17) is 11.6 Å². The van der Waals surface area contributed by atoms with Gasteiger partial charge in [0.2, 0.25) is 10.0 Å². The molecule has 0 spiro atoms. The van der Waals surface area contributed by atoms with Crippen LogP contribution in [0.25, 0.3) is 0 Å². The summed E-state index contributed by atoms with van der Waals surface area (Å²) in [6, 6.07) is 4.93. The third-order valence-corrected chi connectivity index (χ3v) is 6.26. The molecule has 20 heavy (non-hydrogen) atoms. The molecule has 1 unspecified atom stereocenters. The van der Waals surface area contributed by atoms with Gasteiger partial charge in [0.05, 0.1) is 6.04 Å². The maximum Gasteiger partial charge on any atom is 0.245 e. The third kappa shape index (κ3) is 2.48. The molecule has 106 valence electrons. The second-order valence-corrected chi connectivity index (χ2v) is 7.70. The number of halogens is 1. The van der Waals surface area contributed by atoms with Crippen LogP contribution in [0.1, 0.15) is 24.4 Å². The summed E-state index contributed by atoms with van der Waals surface area (Å²) in [6.45, 7) is 0.547. The van der Waals surface area contributed by atoms with Gasteiger partial charge in [-0.1, -0.05) is 11.6 Å².